The molecule has 28 heavy (non-hydrogen) atoms. The summed E-state index contributed by atoms with van der Waals surface area (Å²) in [7, 11) is 1.70. The largest absolute Gasteiger partial charge is 0.497 e. The van der Waals surface area contributed by atoms with Crippen LogP contribution in [0.3, 0.4) is 0 Å². The Labute approximate surface area is 168 Å². The van der Waals surface area contributed by atoms with E-state index in [1.165, 1.54) is 16.2 Å². The van der Waals surface area contributed by atoms with E-state index in [0.29, 0.717) is 19.0 Å². The van der Waals surface area contributed by atoms with Gasteiger partial charge in [-0.05, 0) is 24.1 Å². The van der Waals surface area contributed by atoms with Gasteiger partial charge < -0.3 is 19.9 Å². The van der Waals surface area contributed by atoms with E-state index in [9.17, 15) is 4.79 Å². The number of carbonyl (C=O) groups is 1. The summed E-state index contributed by atoms with van der Waals surface area (Å²) in [6, 6.07) is 18.6. The fraction of sp³-hybridized carbons (Fsp3) is 0.435. The van der Waals surface area contributed by atoms with Crippen molar-refractivity contribution < 1.29 is 14.4 Å². The molecule has 0 spiro atoms. The van der Waals surface area contributed by atoms with E-state index >= 15 is 0 Å². The van der Waals surface area contributed by atoms with Gasteiger partial charge in [0.2, 0.25) is 0 Å². The highest BCUT2D eigenvalue weighted by Gasteiger charge is 2.23. The van der Waals surface area contributed by atoms with Crippen LogP contribution in [0.5, 0.6) is 5.75 Å². The van der Waals surface area contributed by atoms with Gasteiger partial charge in [0, 0.05) is 24.2 Å². The first kappa shape index (κ1) is 20.2. The first-order valence-corrected chi connectivity index (χ1v) is 10.2. The first-order chi connectivity index (χ1) is 13.7. The van der Waals surface area contributed by atoms with E-state index in [4.69, 9.17) is 4.74 Å². The normalized spacial score (nSPS) is 15.9. The number of nitrogens with one attached hydrogen (secondary N) is 2. The molecule has 2 aromatic rings. The fourth-order valence-corrected chi connectivity index (χ4v) is 3.81. The van der Waals surface area contributed by atoms with Crippen LogP contribution < -0.4 is 19.9 Å². The summed E-state index contributed by atoms with van der Waals surface area (Å²) in [5.41, 5.74) is 2.49. The third kappa shape index (κ3) is 5.49. The van der Waals surface area contributed by atoms with Gasteiger partial charge in [0.1, 0.15) is 5.75 Å². The lowest BCUT2D eigenvalue weighted by molar-refractivity contribution is -0.892. The standard InChI is InChI=1S/C23H31N3O2/c1-3-19(20-8-5-4-6-9-20)17-24-23(27)18-25-12-14-26(15-13-25)21-10-7-11-22(16-21)28-2/h4-11,16,19H,3,12-15,17-18H2,1-2H3,(H,24,27)/p+1/t19-/m0/s1. The Morgan fingerprint density at radius 1 is 1.14 bits per heavy atom. The molecule has 1 saturated heterocycles. The molecule has 1 heterocycles. The Morgan fingerprint density at radius 3 is 2.57 bits per heavy atom. The lowest BCUT2D eigenvalue weighted by atomic mass is 9.96. The molecule has 5 nitrogen and oxygen atoms in total. The second kappa shape index (κ2) is 10.1. The van der Waals surface area contributed by atoms with Crippen LogP contribution in [-0.4, -0.2) is 52.3 Å². The number of carbonyl (C=O) groups excluding carboxylic acids is 1. The second-order valence-electron chi connectivity index (χ2n) is 7.44. The lowest BCUT2D eigenvalue weighted by Crippen LogP contribution is -3.16. The quantitative estimate of drug-likeness (QED) is 0.731. The molecular formula is C23H32N3O2+. The van der Waals surface area contributed by atoms with Crippen LogP contribution in [0.4, 0.5) is 5.69 Å². The minimum absolute atomic E-state index is 0.152. The van der Waals surface area contributed by atoms with Crippen LogP contribution in [-0.2, 0) is 4.79 Å². The minimum atomic E-state index is 0.152. The van der Waals surface area contributed by atoms with Crippen LogP contribution >= 0.6 is 0 Å². The summed E-state index contributed by atoms with van der Waals surface area (Å²) in [4.78, 5) is 16.2. The number of quaternary nitrogens is 1. The number of rotatable bonds is 8. The van der Waals surface area contributed by atoms with Crippen LogP contribution in [0, 0.1) is 0 Å². The van der Waals surface area contributed by atoms with Crippen LogP contribution in [0.1, 0.15) is 24.8 Å². The van der Waals surface area contributed by atoms with Gasteiger partial charge >= 0.3 is 0 Å². The van der Waals surface area contributed by atoms with Gasteiger partial charge in [0.15, 0.2) is 6.54 Å². The van der Waals surface area contributed by atoms with E-state index in [2.05, 4.69) is 53.5 Å². The molecule has 0 aromatic heterocycles. The highest BCUT2D eigenvalue weighted by molar-refractivity contribution is 5.76. The Kier molecular flexibility index (Phi) is 7.31. The number of piperazine rings is 1. The van der Waals surface area contributed by atoms with Crippen LogP contribution in [0.2, 0.25) is 0 Å². The fourth-order valence-electron chi connectivity index (χ4n) is 3.81. The maximum absolute atomic E-state index is 12.4. The number of nitrogens with zero attached hydrogens (tertiary/aromatic N) is 1. The van der Waals surface area contributed by atoms with Crippen molar-refractivity contribution in [1.82, 2.24) is 5.32 Å². The number of hydrogen-bond donors (Lipinski definition) is 2. The second-order valence-corrected chi connectivity index (χ2v) is 7.44. The zero-order valence-corrected chi connectivity index (χ0v) is 17.0. The number of ether oxygens (including phenoxy) is 1. The maximum atomic E-state index is 12.4. The highest BCUT2D eigenvalue weighted by Crippen LogP contribution is 2.20. The number of hydrogen-bond acceptors (Lipinski definition) is 3. The zero-order valence-electron chi connectivity index (χ0n) is 17.0. The van der Waals surface area contributed by atoms with Crippen molar-refractivity contribution in [3.8, 4) is 5.75 Å². The van der Waals surface area contributed by atoms with Crippen LogP contribution in [0.25, 0.3) is 0 Å². The predicted octanol–water partition coefficient (Wildman–Crippen LogP) is 1.71. The van der Waals surface area contributed by atoms with Crippen molar-refractivity contribution in [3.05, 3.63) is 60.2 Å². The summed E-state index contributed by atoms with van der Waals surface area (Å²) < 4.78 is 5.32. The Bertz CT molecular complexity index is 743. The maximum Gasteiger partial charge on any atom is 0.275 e. The van der Waals surface area contributed by atoms with Gasteiger partial charge in [-0.1, -0.05) is 43.3 Å². The molecule has 1 fully saturated rings. The molecule has 1 aliphatic heterocycles. The van der Waals surface area contributed by atoms with E-state index < -0.39 is 0 Å². The average molecular weight is 383 g/mol. The molecule has 0 unspecified atom stereocenters. The van der Waals surface area contributed by atoms with Crippen molar-refractivity contribution >= 4 is 11.6 Å². The summed E-state index contributed by atoms with van der Waals surface area (Å²) in [6.07, 6.45) is 1.02. The van der Waals surface area contributed by atoms with E-state index in [1.807, 2.05) is 18.2 Å². The SMILES string of the molecule is CC[C@@H](CNC(=O)C[NH+]1CCN(c2cccc(OC)c2)CC1)c1ccccc1. The molecule has 150 valence electrons. The van der Waals surface area contributed by atoms with Gasteiger partial charge in [-0.2, -0.15) is 0 Å². The predicted molar refractivity (Wildman–Crippen MR) is 113 cm³/mol. The van der Waals surface area contributed by atoms with Crippen molar-refractivity contribution in [2.24, 2.45) is 0 Å². The lowest BCUT2D eigenvalue weighted by Gasteiger charge is -2.33. The summed E-state index contributed by atoms with van der Waals surface area (Å²) in [6.45, 7) is 7.29. The van der Waals surface area contributed by atoms with E-state index in [1.54, 1.807) is 7.11 Å². The molecule has 3 rings (SSSR count). The van der Waals surface area contributed by atoms with Gasteiger partial charge in [-0.3, -0.25) is 4.79 Å². The topological polar surface area (TPSA) is 46.0 Å². The van der Waals surface area contributed by atoms with E-state index in [0.717, 1.165) is 38.3 Å². The molecular weight excluding hydrogens is 350 g/mol. The van der Waals surface area contributed by atoms with Gasteiger partial charge in [-0.15, -0.1) is 0 Å². The van der Waals surface area contributed by atoms with Crippen molar-refractivity contribution in [1.29, 1.82) is 0 Å². The molecule has 0 aliphatic carbocycles. The summed E-state index contributed by atoms with van der Waals surface area (Å²) in [5, 5.41) is 3.15. The Hall–Kier alpha value is -2.53. The molecule has 0 saturated carbocycles. The number of amides is 1. The molecule has 1 amide bonds. The average Bonchev–Trinajstić information content (AvgIpc) is 2.75. The van der Waals surface area contributed by atoms with Crippen LogP contribution in [0.15, 0.2) is 54.6 Å². The number of benzene rings is 2. The minimum Gasteiger partial charge on any atom is -0.497 e. The molecule has 0 radical (unpaired) electrons. The Balaban J connectivity index is 1.43. The van der Waals surface area contributed by atoms with E-state index in [-0.39, 0.29) is 5.91 Å². The molecule has 2 aromatic carbocycles. The number of methoxy groups -OCH3 is 1. The molecule has 2 N–H and O–H groups in total. The summed E-state index contributed by atoms with van der Waals surface area (Å²) >= 11 is 0. The molecule has 1 atom stereocenters. The molecule has 5 heteroatoms. The third-order valence-electron chi connectivity index (χ3n) is 5.61. The monoisotopic (exact) mass is 382 g/mol. The van der Waals surface area contributed by atoms with Crippen molar-refractivity contribution in [3.63, 3.8) is 0 Å². The van der Waals surface area contributed by atoms with Crippen molar-refractivity contribution in [2.75, 3.05) is 51.3 Å². The summed E-state index contributed by atoms with van der Waals surface area (Å²) in [5.74, 6) is 1.42. The zero-order chi connectivity index (χ0) is 19.8. The highest BCUT2D eigenvalue weighted by atomic mass is 16.5. The smallest absolute Gasteiger partial charge is 0.275 e. The molecule has 1 aliphatic rings. The van der Waals surface area contributed by atoms with Gasteiger partial charge in [0.25, 0.3) is 5.91 Å². The molecule has 0 bridgehead atoms. The first-order valence-electron chi connectivity index (χ1n) is 10.2. The van der Waals surface area contributed by atoms with Gasteiger partial charge in [-0.25, -0.2) is 0 Å². The third-order valence-corrected chi connectivity index (χ3v) is 5.61. The van der Waals surface area contributed by atoms with Crippen molar-refractivity contribution in [2.45, 2.75) is 19.3 Å². The van der Waals surface area contributed by atoms with Gasteiger partial charge in [0.05, 0.1) is 33.3 Å². The Morgan fingerprint density at radius 2 is 1.89 bits per heavy atom. The number of anilines is 1.